The third-order valence-electron chi connectivity index (χ3n) is 6.26. The highest BCUT2D eigenvalue weighted by Gasteiger charge is 2.38. The van der Waals surface area contributed by atoms with Crippen molar-refractivity contribution in [1.82, 2.24) is 9.21 Å². The molecule has 1 fully saturated rings. The number of anilines is 1. The third-order valence-corrected chi connectivity index (χ3v) is 8.18. The molecule has 0 saturated carbocycles. The lowest BCUT2D eigenvalue weighted by Crippen LogP contribution is -2.42. The van der Waals surface area contributed by atoms with Crippen LogP contribution in [0.2, 0.25) is 0 Å². The fourth-order valence-corrected chi connectivity index (χ4v) is 6.09. The molecule has 170 valence electrons. The Labute approximate surface area is 189 Å². The largest absolute Gasteiger partial charge is 0.343 e. The van der Waals surface area contributed by atoms with E-state index < -0.39 is 16.1 Å². The van der Waals surface area contributed by atoms with Gasteiger partial charge in [0.1, 0.15) is 0 Å². The Bertz CT molecular complexity index is 1090. The molecule has 2 aliphatic heterocycles. The predicted molar refractivity (Wildman–Crippen MR) is 123 cm³/mol. The maximum Gasteiger partial charge on any atom is 0.243 e. The number of carbonyl (C=O) groups excluding carboxylic acids is 2. The Morgan fingerprint density at radius 2 is 1.69 bits per heavy atom. The molecule has 2 aliphatic rings. The molecule has 1 N–H and O–H groups in total. The van der Waals surface area contributed by atoms with Crippen molar-refractivity contribution in [2.75, 3.05) is 25.0 Å². The van der Waals surface area contributed by atoms with Crippen LogP contribution in [0.25, 0.3) is 0 Å². The van der Waals surface area contributed by atoms with Crippen LogP contribution >= 0.6 is 0 Å². The van der Waals surface area contributed by atoms with Gasteiger partial charge in [0.15, 0.2) is 0 Å². The average Bonchev–Trinajstić information content (AvgIpc) is 3.34. The molecule has 2 heterocycles. The van der Waals surface area contributed by atoms with E-state index in [1.165, 1.54) is 16.4 Å². The van der Waals surface area contributed by atoms with E-state index in [2.05, 4.69) is 5.32 Å². The van der Waals surface area contributed by atoms with Crippen molar-refractivity contribution >= 4 is 27.5 Å². The second kappa shape index (κ2) is 9.42. The molecule has 0 bridgehead atoms. The first-order chi connectivity index (χ1) is 15.4. The zero-order chi connectivity index (χ0) is 22.7. The van der Waals surface area contributed by atoms with Crippen LogP contribution in [0.3, 0.4) is 0 Å². The van der Waals surface area contributed by atoms with Crippen LogP contribution < -0.4 is 5.32 Å². The van der Waals surface area contributed by atoms with E-state index in [-0.39, 0.29) is 23.1 Å². The van der Waals surface area contributed by atoms with Gasteiger partial charge in [0.2, 0.25) is 21.8 Å². The van der Waals surface area contributed by atoms with Gasteiger partial charge in [-0.05, 0) is 54.7 Å². The summed E-state index contributed by atoms with van der Waals surface area (Å²) in [7, 11) is -3.82. The van der Waals surface area contributed by atoms with Gasteiger partial charge in [-0.3, -0.25) is 9.59 Å². The van der Waals surface area contributed by atoms with Gasteiger partial charge in [-0.15, -0.1) is 0 Å². The first kappa shape index (κ1) is 22.5. The molecule has 8 heteroatoms. The van der Waals surface area contributed by atoms with E-state index in [0.717, 1.165) is 37.1 Å². The summed E-state index contributed by atoms with van der Waals surface area (Å²) in [6.07, 6.45) is 3.08. The number of hydrogen-bond acceptors (Lipinski definition) is 4. The fourth-order valence-electron chi connectivity index (χ4n) is 4.48. The number of nitrogens with one attached hydrogen (secondary N) is 1. The lowest BCUT2D eigenvalue weighted by molar-refractivity contribution is -0.131. The number of fused-ring (bicyclic) bond motifs is 1. The molecule has 2 aromatic rings. The third kappa shape index (κ3) is 4.56. The molecule has 2 aromatic carbocycles. The Kier molecular flexibility index (Phi) is 6.62. The summed E-state index contributed by atoms with van der Waals surface area (Å²) < 4.78 is 28.7. The Morgan fingerprint density at radius 1 is 1.00 bits per heavy atom. The fraction of sp³-hybridized carbons (Fsp3) is 0.417. The van der Waals surface area contributed by atoms with Crippen molar-refractivity contribution in [3.63, 3.8) is 0 Å². The highest BCUT2D eigenvalue weighted by Crippen LogP contribution is 2.37. The molecule has 0 spiro atoms. The van der Waals surface area contributed by atoms with E-state index >= 15 is 0 Å². The Morgan fingerprint density at radius 3 is 2.38 bits per heavy atom. The quantitative estimate of drug-likeness (QED) is 0.724. The van der Waals surface area contributed by atoms with Crippen LogP contribution in [0.4, 0.5) is 5.69 Å². The van der Waals surface area contributed by atoms with Crippen LogP contribution in [0.1, 0.15) is 49.8 Å². The summed E-state index contributed by atoms with van der Waals surface area (Å²) >= 11 is 0. The van der Waals surface area contributed by atoms with Crippen LogP contribution in [0.15, 0.2) is 53.4 Å². The molecule has 0 radical (unpaired) electrons. The van der Waals surface area contributed by atoms with E-state index in [9.17, 15) is 18.0 Å². The van der Waals surface area contributed by atoms with Gasteiger partial charge in [-0.1, -0.05) is 31.2 Å². The van der Waals surface area contributed by atoms with Crippen molar-refractivity contribution in [3.8, 4) is 0 Å². The molecule has 1 unspecified atom stereocenters. The topological polar surface area (TPSA) is 86.8 Å². The number of nitrogens with zero attached hydrogens (tertiary/aromatic N) is 2. The molecule has 0 aromatic heterocycles. The van der Waals surface area contributed by atoms with Gasteiger partial charge < -0.3 is 10.2 Å². The van der Waals surface area contributed by atoms with Crippen molar-refractivity contribution < 1.29 is 18.0 Å². The molecule has 7 nitrogen and oxygen atoms in total. The van der Waals surface area contributed by atoms with E-state index in [1.54, 1.807) is 19.1 Å². The molecule has 1 saturated heterocycles. The minimum Gasteiger partial charge on any atom is -0.343 e. The van der Waals surface area contributed by atoms with Crippen molar-refractivity contribution in [2.24, 2.45) is 0 Å². The summed E-state index contributed by atoms with van der Waals surface area (Å²) in [6.45, 7) is 3.56. The van der Waals surface area contributed by atoms with Crippen LogP contribution in [0.5, 0.6) is 0 Å². The zero-order valence-corrected chi connectivity index (χ0v) is 19.1. The molecule has 32 heavy (non-hydrogen) atoms. The van der Waals surface area contributed by atoms with Crippen molar-refractivity contribution in [3.05, 3.63) is 59.7 Å². The summed E-state index contributed by atoms with van der Waals surface area (Å²) in [5, 5.41) is 2.73. The number of likely N-dealkylation sites (tertiary alicyclic amines) is 1. The monoisotopic (exact) mass is 455 g/mol. The van der Waals surface area contributed by atoms with Gasteiger partial charge >= 0.3 is 0 Å². The number of benzene rings is 2. The van der Waals surface area contributed by atoms with Gasteiger partial charge in [-0.2, -0.15) is 4.31 Å². The van der Waals surface area contributed by atoms with Crippen LogP contribution in [0, 0.1) is 0 Å². The highest BCUT2D eigenvalue weighted by atomic mass is 32.2. The second-order valence-corrected chi connectivity index (χ2v) is 10.2. The molecule has 1 atom stereocenters. The number of rotatable bonds is 6. The van der Waals surface area contributed by atoms with Gasteiger partial charge in [0.05, 0.1) is 10.9 Å². The number of hydrogen-bond donors (Lipinski definition) is 1. The Hall–Kier alpha value is -2.71. The smallest absolute Gasteiger partial charge is 0.243 e. The Balaban J connectivity index is 1.63. The predicted octanol–water partition coefficient (Wildman–Crippen LogP) is 3.34. The molecule has 0 aliphatic carbocycles. The average molecular weight is 456 g/mol. The van der Waals surface area contributed by atoms with E-state index in [1.807, 2.05) is 29.2 Å². The minimum atomic E-state index is -3.82. The second-order valence-electron chi connectivity index (χ2n) is 8.30. The standard InChI is InChI=1S/C24H29N3O4S/c1-2-23(28)25-19-9-11-20(12-10-19)32(30,31)27-16-13-18-7-3-4-8-21(18)22(27)17-24(29)26-14-5-6-15-26/h3-4,7-12,22H,2,5-6,13-17H2,1H3,(H,25,28). The van der Waals surface area contributed by atoms with Crippen LogP contribution in [-0.2, 0) is 26.0 Å². The SMILES string of the molecule is CCC(=O)Nc1ccc(S(=O)(=O)N2CCc3ccccc3C2CC(=O)N2CCCC2)cc1. The molecular formula is C24H29N3O4S. The number of sulfonamides is 1. The number of carbonyl (C=O) groups is 2. The molecular weight excluding hydrogens is 426 g/mol. The maximum absolute atomic E-state index is 13.6. The molecule has 4 rings (SSSR count). The zero-order valence-electron chi connectivity index (χ0n) is 18.3. The first-order valence-corrected chi connectivity index (χ1v) is 12.6. The van der Waals surface area contributed by atoms with E-state index in [4.69, 9.17) is 0 Å². The van der Waals surface area contributed by atoms with Crippen molar-refractivity contribution in [2.45, 2.75) is 50.0 Å². The van der Waals surface area contributed by atoms with Gasteiger partial charge in [0, 0.05) is 38.2 Å². The highest BCUT2D eigenvalue weighted by molar-refractivity contribution is 7.89. The lowest BCUT2D eigenvalue weighted by Gasteiger charge is -2.36. The lowest BCUT2D eigenvalue weighted by atomic mass is 9.92. The van der Waals surface area contributed by atoms with Gasteiger partial charge in [0.25, 0.3) is 0 Å². The van der Waals surface area contributed by atoms with Crippen LogP contribution in [-0.4, -0.2) is 49.1 Å². The number of amides is 2. The summed E-state index contributed by atoms with van der Waals surface area (Å²) in [4.78, 5) is 26.6. The maximum atomic E-state index is 13.6. The van der Waals surface area contributed by atoms with Gasteiger partial charge in [-0.25, -0.2) is 8.42 Å². The first-order valence-electron chi connectivity index (χ1n) is 11.2. The summed E-state index contributed by atoms with van der Waals surface area (Å²) in [5.41, 5.74) is 2.55. The molecule has 2 amide bonds. The van der Waals surface area contributed by atoms with E-state index in [0.29, 0.717) is 25.1 Å². The summed E-state index contributed by atoms with van der Waals surface area (Å²) in [6, 6.07) is 13.5. The minimum absolute atomic E-state index is 0.00188. The van der Waals surface area contributed by atoms with Crippen molar-refractivity contribution in [1.29, 1.82) is 0 Å². The summed E-state index contributed by atoms with van der Waals surface area (Å²) in [5.74, 6) is -0.129. The normalized spacial score (nSPS) is 18.9.